The van der Waals surface area contributed by atoms with Crippen LogP contribution in [0.15, 0.2) is 0 Å². The number of hydrogen-bond acceptors (Lipinski definition) is 2. The summed E-state index contributed by atoms with van der Waals surface area (Å²) >= 11 is 0. The second-order valence-electron chi connectivity index (χ2n) is 2.45. The Hall–Kier alpha value is -0.370. The van der Waals surface area contributed by atoms with E-state index in [9.17, 15) is 4.79 Å². The minimum atomic E-state index is -0.747. The normalized spacial score (nSPS) is 11.4. The number of carbonyl (C=O) groups is 1. The van der Waals surface area contributed by atoms with Crippen molar-refractivity contribution in [3.05, 3.63) is 6.92 Å². The first-order valence-corrected chi connectivity index (χ1v) is 2.98. The standard InChI is InChI=1S/C7H12O2/c1-7(2,6-9)4-3-5-8/h1,6,8H,3-5H2,2H3/t7-/m1/s1. The molecule has 0 aromatic heterocycles. The lowest BCUT2D eigenvalue weighted by Gasteiger charge is -2.13. The van der Waals surface area contributed by atoms with Crippen molar-refractivity contribution in [2.45, 2.75) is 19.8 Å². The van der Waals surface area contributed by atoms with Crippen molar-refractivity contribution in [2.24, 2.45) is 5.41 Å². The summed E-state index contributed by atoms with van der Waals surface area (Å²) in [6.07, 6.45) is 1.85. The minimum absolute atomic E-state index is 0.0978. The highest BCUT2D eigenvalue weighted by atomic mass is 16.2. The molecule has 0 unspecified atom stereocenters. The van der Waals surface area contributed by atoms with Crippen molar-refractivity contribution in [1.82, 2.24) is 0 Å². The Morgan fingerprint density at radius 2 is 2.33 bits per heavy atom. The molecule has 0 saturated carbocycles. The van der Waals surface area contributed by atoms with Crippen LogP contribution >= 0.6 is 0 Å². The molecule has 2 nitrogen and oxygen atoms in total. The van der Waals surface area contributed by atoms with E-state index in [1.165, 1.54) is 0 Å². The first-order valence-electron chi connectivity index (χ1n) is 2.98. The lowest BCUT2D eigenvalue weighted by atomic mass is 9.90. The van der Waals surface area contributed by atoms with Gasteiger partial charge in [0.1, 0.15) is 6.29 Å². The van der Waals surface area contributed by atoms with Crippen LogP contribution in [0.3, 0.4) is 0 Å². The molecule has 0 spiro atoms. The van der Waals surface area contributed by atoms with Gasteiger partial charge in [-0.15, -0.1) is 0 Å². The third kappa shape index (κ3) is 4.15. The topological polar surface area (TPSA) is 37.3 Å². The van der Waals surface area contributed by atoms with Crippen molar-refractivity contribution in [1.29, 1.82) is 0 Å². The van der Waals surface area contributed by atoms with Crippen molar-refractivity contribution in [3.63, 3.8) is 0 Å². The van der Waals surface area contributed by atoms with E-state index in [2.05, 4.69) is 0 Å². The fourth-order valence-electron chi connectivity index (χ4n) is 0.519. The highest BCUT2D eigenvalue weighted by molar-refractivity contribution is 5.59. The predicted molar refractivity (Wildman–Crippen MR) is 34.8 cm³/mol. The van der Waals surface area contributed by atoms with Gasteiger partial charge in [0.15, 0.2) is 0 Å². The van der Waals surface area contributed by atoms with Crippen molar-refractivity contribution < 1.29 is 9.90 Å². The number of aldehydes is 1. The second-order valence-corrected chi connectivity index (χ2v) is 2.45. The molecule has 0 aliphatic rings. The van der Waals surface area contributed by atoms with E-state index < -0.39 is 5.41 Å². The van der Waals surface area contributed by atoms with Gasteiger partial charge in [-0.2, -0.15) is 0 Å². The summed E-state index contributed by atoms with van der Waals surface area (Å²) in [5.74, 6) is 0. The number of rotatable bonds is 4. The van der Waals surface area contributed by atoms with Crippen LogP contribution in [0.2, 0.25) is 0 Å². The summed E-state index contributed by atoms with van der Waals surface area (Å²) in [6, 6.07) is 0. The van der Waals surface area contributed by atoms with E-state index in [0.29, 0.717) is 19.1 Å². The average molecular weight is 128 g/mol. The minimum Gasteiger partial charge on any atom is -0.396 e. The molecule has 0 aromatic rings. The molecule has 1 atom stereocenters. The molecule has 0 fully saturated rings. The van der Waals surface area contributed by atoms with E-state index >= 15 is 0 Å². The van der Waals surface area contributed by atoms with Gasteiger partial charge in [-0.05, 0) is 19.8 Å². The molecule has 0 aromatic carbocycles. The van der Waals surface area contributed by atoms with E-state index in [1.807, 2.05) is 0 Å². The van der Waals surface area contributed by atoms with Crippen LogP contribution in [0.25, 0.3) is 0 Å². The van der Waals surface area contributed by atoms with Gasteiger partial charge in [0.25, 0.3) is 0 Å². The van der Waals surface area contributed by atoms with E-state index in [1.54, 1.807) is 6.92 Å². The van der Waals surface area contributed by atoms with Gasteiger partial charge in [0.2, 0.25) is 0 Å². The Balaban J connectivity index is 3.45. The van der Waals surface area contributed by atoms with Gasteiger partial charge in [0.05, 0.1) is 0 Å². The van der Waals surface area contributed by atoms with Gasteiger partial charge >= 0.3 is 0 Å². The van der Waals surface area contributed by atoms with Crippen molar-refractivity contribution in [3.8, 4) is 0 Å². The molecular weight excluding hydrogens is 116 g/mol. The highest BCUT2D eigenvalue weighted by Crippen LogP contribution is 2.17. The van der Waals surface area contributed by atoms with Crippen LogP contribution in [0.4, 0.5) is 0 Å². The molecule has 0 heterocycles. The quantitative estimate of drug-likeness (QED) is 0.565. The van der Waals surface area contributed by atoms with Crippen LogP contribution in [0, 0.1) is 12.3 Å². The SMILES string of the molecule is [CH][C@](C)(C=O)CCCO. The number of aliphatic hydroxyl groups excluding tert-OH is 1. The second kappa shape index (κ2) is 3.62. The summed E-state index contributed by atoms with van der Waals surface area (Å²) in [7, 11) is 0. The molecule has 0 aliphatic heterocycles. The molecule has 0 aliphatic carbocycles. The third-order valence-corrected chi connectivity index (χ3v) is 1.14. The lowest BCUT2D eigenvalue weighted by molar-refractivity contribution is -0.113. The van der Waals surface area contributed by atoms with Crippen LogP contribution in [-0.4, -0.2) is 18.0 Å². The van der Waals surface area contributed by atoms with Crippen LogP contribution in [0.1, 0.15) is 19.8 Å². The molecule has 0 saturated heterocycles. The lowest BCUT2D eigenvalue weighted by Crippen LogP contribution is -2.13. The zero-order valence-electron chi connectivity index (χ0n) is 5.63. The Bertz CT molecular complexity index is 86.9. The number of hydrogen-bond donors (Lipinski definition) is 1. The summed E-state index contributed by atoms with van der Waals surface area (Å²) < 4.78 is 0. The van der Waals surface area contributed by atoms with Crippen LogP contribution < -0.4 is 0 Å². The summed E-state index contributed by atoms with van der Waals surface area (Å²) in [5, 5.41) is 8.35. The zero-order chi connectivity index (χ0) is 7.33. The molecule has 9 heavy (non-hydrogen) atoms. The summed E-state index contributed by atoms with van der Waals surface area (Å²) in [5.41, 5.74) is -0.747. The molecular formula is C7H12O2. The average Bonchev–Trinajstić information content (AvgIpc) is 1.84. The molecule has 0 amide bonds. The first kappa shape index (κ1) is 8.63. The fraction of sp³-hybridized carbons (Fsp3) is 0.714. The fourth-order valence-corrected chi connectivity index (χ4v) is 0.519. The van der Waals surface area contributed by atoms with Crippen molar-refractivity contribution in [2.75, 3.05) is 6.61 Å². The van der Waals surface area contributed by atoms with Gasteiger partial charge < -0.3 is 9.90 Å². The van der Waals surface area contributed by atoms with E-state index in [0.717, 1.165) is 0 Å². The van der Waals surface area contributed by atoms with Gasteiger partial charge in [-0.1, -0.05) is 6.92 Å². The molecule has 0 rings (SSSR count). The largest absolute Gasteiger partial charge is 0.396 e. The summed E-state index contributed by atoms with van der Waals surface area (Å²) in [4.78, 5) is 10.1. The summed E-state index contributed by atoms with van der Waals surface area (Å²) in [6.45, 7) is 7.17. The monoisotopic (exact) mass is 128 g/mol. The Morgan fingerprint density at radius 1 is 1.78 bits per heavy atom. The maximum absolute atomic E-state index is 10.1. The predicted octanol–water partition coefficient (Wildman–Crippen LogP) is 0.675. The van der Waals surface area contributed by atoms with E-state index in [4.69, 9.17) is 12.0 Å². The smallest absolute Gasteiger partial charge is 0.126 e. The highest BCUT2D eigenvalue weighted by Gasteiger charge is 2.15. The molecule has 1 N–H and O–H groups in total. The maximum atomic E-state index is 10.1. The number of carbonyl (C=O) groups excluding carboxylic acids is 1. The number of aliphatic hydroxyl groups is 1. The Kier molecular flexibility index (Phi) is 3.47. The van der Waals surface area contributed by atoms with E-state index in [-0.39, 0.29) is 6.61 Å². The van der Waals surface area contributed by atoms with Crippen molar-refractivity contribution >= 4 is 6.29 Å². The third-order valence-electron chi connectivity index (χ3n) is 1.14. The zero-order valence-corrected chi connectivity index (χ0v) is 5.63. The molecule has 2 radical (unpaired) electrons. The molecule has 2 heteroatoms. The molecule has 0 bridgehead atoms. The van der Waals surface area contributed by atoms with Crippen LogP contribution in [-0.2, 0) is 4.79 Å². The van der Waals surface area contributed by atoms with Gasteiger partial charge in [-0.25, -0.2) is 0 Å². The van der Waals surface area contributed by atoms with Gasteiger partial charge in [0, 0.05) is 12.0 Å². The maximum Gasteiger partial charge on any atom is 0.126 e. The van der Waals surface area contributed by atoms with Gasteiger partial charge in [-0.3, -0.25) is 0 Å². The van der Waals surface area contributed by atoms with Crippen LogP contribution in [0.5, 0.6) is 0 Å². The Morgan fingerprint density at radius 3 is 2.67 bits per heavy atom. The molecule has 52 valence electrons. The first-order chi connectivity index (χ1) is 4.12. The Labute approximate surface area is 55.9 Å².